The number of aryl methyl sites for hydroxylation is 2. The normalized spacial score (nSPS) is 16.9. The zero-order valence-electron chi connectivity index (χ0n) is 36.4. The third-order valence-corrected chi connectivity index (χ3v) is 13.2. The van der Waals surface area contributed by atoms with Crippen LogP contribution in [0.4, 0.5) is 34.1 Å². The van der Waals surface area contributed by atoms with Gasteiger partial charge in [-0.15, -0.1) is 0 Å². The lowest BCUT2D eigenvalue weighted by Gasteiger charge is -2.28. The maximum atomic E-state index is 13.3. The van der Waals surface area contributed by atoms with Crippen molar-refractivity contribution in [2.45, 2.75) is 23.6 Å². The number of benzene rings is 4. The van der Waals surface area contributed by atoms with Gasteiger partial charge in [-0.05, 0) is 115 Å². The van der Waals surface area contributed by atoms with Gasteiger partial charge in [0, 0.05) is 18.2 Å². The Kier molecular flexibility index (Phi) is 15.2. The molecule has 0 aromatic heterocycles. The lowest BCUT2D eigenvalue weighted by molar-refractivity contribution is -0.468. The number of hydrazone groups is 2. The van der Waals surface area contributed by atoms with Crippen molar-refractivity contribution >= 4 is 86.0 Å². The van der Waals surface area contributed by atoms with Crippen molar-refractivity contribution < 1.29 is 66.2 Å². The van der Waals surface area contributed by atoms with E-state index in [1.165, 1.54) is 74.9 Å². The molecule has 0 spiro atoms. The smallest absolute Gasteiger partial charge is 0.336 e. The van der Waals surface area contributed by atoms with E-state index in [2.05, 4.69) is 30.7 Å². The molecule has 6 rings (SSSR count). The molecule has 4 aromatic rings. The van der Waals surface area contributed by atoms with E-state index in [0.29, 0.717) is 11.1 Å². The number of nitrogens with zero attached hydrogens (tertiary/aromatic N) is 8. The van der Waals surface area contributed by atoms with Gasteiger partial charge in [0.05, 0.1) is 68.2 Å². The number of anilines is 1. The summed E-state index contributed by atoms with van der Waals surface area (Å²) in [4.78, 5) is 11.3. The van der Waals surface area contributed by atoms with Crippen molar-refractivity contribution in [1.29, 1.82) is 0 Å². The van der Waals surface area contributed by atoms with Crippen LogP contribution in [0.2, 0.25) is 0 Å². The molecule has 0 fully saturated rings. The van der Waals surface area contributed by atoms with E-state index >= 15 is 0 Å². The van der Waals surface area contributed by atoms with E-state index in [9.17, 15) is 62.0 Å². The van der Waals surface area contributed by atoms with Gasteiger partial charge in [-0.1, -0.05) is 24.3 Å². The van der Waals surface area contributed by atoms with Gasteiger partial charge in [-0.2, -0.15) is 59.2 Å². The Morgan fingerprint density at radius 2 is 1.00 bits per heavy atom. The van der Waals surface area contributed by atoms with Crippen molar-refractivity contribution in [3.63, 3.8) is 0 Å². The molecule has 70 heavy (non-hydrogen) atoms. The van der Waals surface area contributed by atoms with Gasteiger partial charge in [0.2, 0.25) is 5.75 Å². The summed E-state index contributed by atoms with van der Waals surface area (Å²) in [6, 6.07) is 15.1. The minimum absolute atomic E-state index is 0.0383. The molecule has 0 unspecified atom stereocenters. The molecule has 0 saturated heterocycles. The van der Waals surface area contributed by atoms with Gasteiger partial charge < -0.3 is 19.9 Å². The minimum Gasteiger partial charge on any atom is -0.737 e. The van der Waals surface area contributed by atoms with E-state index < -0.39 is 50.3 Å². The van der Waals surface area contributed by atoms with Crippen LogP contribution >= 0.6 is 0 Å². The number of ether oxygens (including phenoxy) is 2. The van der Waals surface area contributed by atoms with Crippen LogP contribution in [0.5, 0.6) is 11.5 Å². The van der Waals surface area contributed by atoms with Gasteiger partial charge in [-0.25, -0.2) is 0 Å². The minimum atomic E-state index is -5.04. The van der Waals surface area contributed by atoms with E-state index in [4.69, 9.17) is 9.47 Å². The average molecular weight is 1040 g/mol. The summed E-state index contributed by atoms with van der Waals surface area (Å²) in [5.41, 5.74) is 0.480. The molecule has 4 aromatic carbocycles. The predicted octanol–water partition coefficient (Wildman–Crippen LogP) is 8.31. The predicted molar refractivity (Wildman–Crippen MR) is 254 cm³/mol. The van der Waals surface area contributed by atoms with Crippen molar-refractivity contribution in [3.8, 4) is 11.5 Å². The Balaban J connectivity index is 1.23. The third-order valence-electron chi connectivity index (χ3n) is 9.63. The number of allylic oxidation sites excluding steroid dienone is 10. The first-order valence-corrected chi connectivity index (χ1v) is 25.2. The molecular weight excluding hydrogens is 1000 g/mol. The van der Waals surface area contributed by atoms with Gasteiger partial charge >= 0.3 is 5.69 Å². The Hall–Kier alpha value is -7.54. The summed E-state index contributed by atoms with van der Waals surface area (Å²) in [6.07, 6.45) is 8.63. The summed E-state index contributed by atoms with van der Waals surface area (Å²) in [6.45, 7) is 3.16. The molecule has 24 nitrogen and oxygen atoms in total. The fourth-order valence-corrected chi connectivity index (χ4v) is 8.52. The van der Waals surface area contributed by atoms with Gasteiger partial charge in [0.15, 0.2) is 4.87 Å². The first-order chi connectivity index (χ1) is 32.7. The summed E-state index contributed by atoms with van der Waals surface area (Å²) in [5.74, 6) is -0.0767. The van der Waals surface area contributed by atoms with Gasteiger partial charge in [0.25, 0.3) is 40.5 Å². The van der Waals surface area contributed by atoms with Crippen LogP contribution < -0.4 is 14.6 Å². The first kappa shape index (κ1) is 51.8. The monoisotopic (exact) mass is 1040 g/mol. The number of rotatable bonds is 15. The molecule has 0 heterocycles. The Morgan fingerprint density at radius 3 is 1.44 bits per heavy atom. The largest absolute Gasteiger partial charge is 0.737 e. The highest BCUT2D eigenvalue weighted by Gasteiger charge is 2.27. The summed E-state index contributed by atoms with van der Waals surface area (Å²) >= 11 is 0. The van der Waals surface area contributed by atoms with Crippen molar-refractivity contribution in [1.82, 2.24) is 0 Å². The van der Waals surface area contributed by atoms with Crippen LogP contribution in [0.25, 0.3) is 0 Å². The Labute approximate surface area is 399 Å². The maximum absolute atomic E-state index is 13.3. The van der Waals surface area contributed by atoms with Crippen LogP contribution in [0, 0.1) is 24.0 Å². The number of hydrogen-bond acceptors (Lipinski definition) is 18. The molecule has 2 aliphatic rings. The number of nitroso groups, excluding NO2 is 1. The molecule has 2 aliphatic carbocycles. The number of azo groups is 2. The van der Waals surface area contributed by atoms with Crippen molar-refractivity contribution in [2.24, 2.45) is 30.7 Å². The molecule has 4 N–H and O–H groups in total. The zero-order valence-corrected chi connectivity index (χ0v) is 39.7. The summed E-state index contributed by atoms with van der Waals surface area (Å²) in [7, 11) is -16.4. The fraction of sp³-hybridized carbons (Fsp3) is 0.0952. The molecule has 0 aliphatic heterocycles. The number of methoxy groups -OCH3 is 2. The molecule has 364 valence electrons. The maximum Gasteiger partial charge on any atom is 0.336 e. The molecule has 0 atom stereocenters. The second-order valence-corrected chi connectivity index (χ2v) is 20.1. The van der Waals surface area contributed by atoms with Crippen LogP contribution in [-0.4, -0.2) is 82.4 Å². The highest BCUT2D eigenvalue weighted by atomic mass is 32.2. The van der Waals surface area contributed by atoms with Gasteiger partial charge in [0.1, 0.15) is 21.3 Å². The second kappa shape index (κ2) is 20.6. The third kappa shape index (κ3) is 12.8. The van der Waals surface area contributed by atoms with E-state index in [1.54, 1.807) is 13.8 Å². The van der Waals surface area contributed by atoms with E-state index in [0.717, 1.165) is 60.7 Å². The molecule has 0 radical (unpaired) electrons. The van der Waals surface area contributed by atoms with Crippen molar-refractivity contribution in [2.75, 3.05) is 19.4 Å². The lowest BCUT2D eigenvalue weighted by atomic mass is 10.0. The fourth-order valence-electron chi connectivity index (χ4n) is 6.15. The summed E-state index contributed by atoms with van der Waals surface area (Å²) in [5, 5.41) is 37.6. The van der Waals surface area contributed by atoms with Crippen LogP contribution in [0.15, 0.2) is 183 Å². The second-order valence-electron chi connectivity index (χ2n) is 14.4. The average Bonchev–Trinajstić information content (AvgIpc) is 3.29. The Morgan fingerprint density at radius 1 is 0.571 bits per heavy atom. The van der Waals surface area contributed by atoms with Gasteiger partial charge in [-0.3, -0.25) is 18.2 Å². The quantitative estimate of drug-likeness (QED) is 0.0376. The Bertz CT molecular complexity index is 3600. The highest BCUT2D eigenvalue weighted by Crippen LogP contribution is 2.38. The van der Waals surface area contributed by atoms with Crippen LogP contribution in [0.1, 0.15) is 11.1 Å². The lowest BCUT2D eigenvalue weighted by Crippen LogP contribution is -2.14. The van der Waals surface area contributed by atoms with E-state index in [-0.39, 0.29) is 88.0 Å². The van der Waals surface area contributed by atoms with Crippen LogP contribution in [0.3, 0.4) is 0 Å². The topological polar surface area (TPSA) is 356 Å². The standard InChI is InChI=1S/C42H36N8O16S4/c1-25-19-37(39(65-3)23-35(25)45-43-29-11-15-33(16-12-29)67(53,54)55)49(51)47-31-9-7-27(41(21-31)69(59,60)61)5-6-28-8-10-32(22-42(28)70(62,63)64)48-50(52)38-20-26(2)36(24-40(38)66-4)46-44-30-13-17-34(18-14-30)68(56,57)58/h5-24H,1-4H3,(H,53,54,55)(H,56,57,58)(H,59,60,61)(H,62,63,64). The van der Waals surface area contributed by atoms with Crippen LogP contribution in [-0.2, 0) is 40.5 Å². The molecular formula is C42H36N8O16S4. The highest BCUT2D eigenvalue weighted by molar-refractivity contribution is 7.90. The summed E-state index contributed by atoms with van der Waals surface area (Å²) < 4.78 is 145. The molecule has 0 bridgehead atoms. The molecule has 0 saturated carbocycles. The number of hydrogen-bond donors (Lipinski definition) is 4. The van der Waals surface area contributed by atoms with Crippen molar-refractivity contribution in [3.05, 3.63) is 164 Å². The van der Waals surface area contributed by atoms with E-state index in [1.807, 2.05) is 0 Å². The molecule has 28 heteroatoms. The molecule has 0 amide bonds. The first-order valence-electron chi connectivity index (χ1n) is 19.4. The SMILES string of the molecule is COc1cc(N=Nc2ccc(S(=O)(=O)O)cc2)c(C)cc1N([O-])N=C1C=CC(=CC=C2C=CC(=N[N+](=O)c3cc(C)c(N=Nc4ccc(S(=O)(=O)O)cc4)cc3OC)C=C2S(=O)(=O)O)C(S(=O)(=O)O)=C1. The zero-order chi connectivity index (χ0) is 51.3.